The molecule has 3 N–H and O–H groups in total. The van der Waals surface area contributed by atoms with Crippen LogP contribution in [0.25, 0.3) is 10.1 Å². The van der Waals surface area contributed by atoms with E-state index in [1.165, 1.54) is 15.0 Å². The number of carbonyl (C=O) groups is 2. The largest absolute Gasteiger partial charge is 0.481 e. The van der Waals surface area contributed by atoms with Gasteiger partial charge in [0.15, 0.2) is 0 Å². The van der Waals surface area contributed by atoms with Gasteiger partial charge in [-0.2, -0.15) is 0 Å². The van der Waals surface area contributed by atoms with Gasteiger partial charge in [0.05, 0.1) is 12.2 Å². The average Bonchev–Trinajstić information content (AvgIpc) is 3.27. The van der Waals surface area contributed by atoms with Crippen LogP contribution < -0.4 is 0 Å². The van der Waals surface area contributed by atoms with Crippen LogP contribution in [0.4, 0.5) is 0 Å². The lowest BCUT2D eigenvalue weighted by Crippen LogP contribution is -2.22. The quantitative estimate of drug-likeness (QED) is 0.378. The van der Waals surface area contributed by atoms with E-state index >= 15 is 0 Å². The van der Waals surface area contributed by atoms with E-state index < -0.39 is 18.2 Å². The SMILES string of the molecule is O=C(O)CCCCCC[C@H]1[C@@H](O)CC(=O)[C@@H]1CCC(O)CCc1cc2ccccc2s1. The minimum atomic E-state index is -0.761. The fourth-order valence-corrected chi connectivity index (χ4v) is 5.86. The predicted octanol–water partition coefficient (Wildman–Crippen LogP) is 4.97. The molecule has 1 unspecified atom stereocenters. The minimum absolute atomic E-state index is 0.0261. The first-order valence-corrected chi connectivity index (χ1v) is 12.3. The van der Waals surface area contributed by atoms with Gasteiger partial charge < -0.3 is 15.3 Å². The normalized spacial score (nSPS) is 22.3. The molecule has 2 aromatic rings. The monoisotopic (exact) mass is 446 g/mol. The number of hydrogen-bond acceptors (Lipinski definition) is 5. The Morgan fingerprint density at radius 3 is 2.65 bits per heavy atom. The summed E-state index contributed by atoms with van der Waals surface area (Å²) < 4.78 is 1.27. The number of Topliss-reactive ketones (excluding diaryl/α,β-unsaturated/α-hetero) is 1. The third kappa shape index (κ3) is 7.13. The first kappa shape index (κ1) is 23.9. The van der Waals surface area contributed by atoms with Gasteiger partial charge in [-0.15, -0.1) is 11.3 Å². The zero-order valence-electron chi connectivity index (χ0n) is 18.0. The third-order valence-electron chi connectivity index (χ3n) is 6.52. The summed E-state index contributed by atoms with van der Waals surface area (Å²) in [5, 5.41) is 30.8. The highest BCUT2D eigenvalue weighted by Crippen LogP contribution is 2.37. The van der Waals surface area contributed by atoms with Crippen LogP contribution in [-0.4, -0.2) is 39.3 Å². The van der Waals surface area contributed by atoms with Crippen molar-refractivity contribution in [2.24, 2.45) is 11.8 Å². The number of benzene rings is 1. The molecule has 0 amide bonds. The van der Waals surface area contributed by atoms with Crippen LogP contribution in [0, 0.1) is 11.8 Å². The highest BCUT2D eigenvalue weighted by molar-refractivity contribution is 7.19. The van der Waals surface area contributed by atoms with Gasteiger partial charge in [0, 0.05) is 28.3 Å². The van der Waals surface area contributed by atoms with Crippen molar-refractivity contribution < 1.29 is 24.9 Å². The number of thiophene rings is 1. The van der Waals surface area contributed by atoms with Crippen molar-refractivity contribution in [3.8, 4) is 0 Å². The van der Waals surface area contributed by atoms with Crippen molar-refractivity contribution in [2.75, 3.05) is 0 Å². The average molecular weight is 447 g/mol. The van der Waals surface area contributed by atoms with E-state index in [0.717, 1.165) is 32.1 Å². The van der Waals surface area contributed by atoms with E-state index in [4.69, 9.17) is 5.11 Å². The summed E-state index contributed by atoms with van der Waals surface area (Å²) >= 11 is 1.77. The van der Waals surface area contributed by atoms with Gasteiger partial charge >= 0.3 is 5.97 Å². The molecule has 170 valence electrons. The van der Waals surface area contributed by atoms with Crippen LogP contribution in [0.15, 0.2) is 30.3 Å². The minimum Gasteiger partial charge on any atom is -0.481 e. The molecule has 0 aliphatic heterocycles. The van der Waals surface area contributed by atoms with Gasteiger partial charge in [-0.05, 0) is 62.0 Å². The van der Waals surface area contributed by atoms with Crippen LogP contribution in [0.3, 0.4) is 0 Å². The van der Waals surface area contributed by atoms with Crippen LogP contribution in [0.2, 0.25) is 0 Å². The van der Waals surface area contributed by atoms with Crippen LogP contribution in [0.5, 0.6) is 0 Å². The maximum absolute atomic E-state index is 12.4. The Kier molecular flexibility index (Phi) is 9.05. The van der Waals surface area contributed by atoms with E-state index in [9.17, 15) is 19.8 Å². The molecule has 4 atom stereocenters. The molecule has 1 aliphatic carbocycles. The second-order valence-electron chi connectivity index (χ2n) is 8.88. The lowest BCUT2D eigenvalue weighted by Gasteiger charge is -2.22. The number of ketones is 1. The zero-order chi connectivity index (χ0) is 22.2. The van der Waals surface area contributed by atoms with Gasteiger partial charge in [-0.25, -0.2) is 0 Å². The lowest BCUT2D eigenvalue weighted by atomic mass is 9.85. The number of aliphatic hydroxyl groups excluding tert-OH is 2. The molecule has 31 heavy (non-hydrogen) atoms. The predicted molar refractivity (Wildman–Crippen MR) is 123 cm³/mol. The fraction of sp³-hybridized carbons (Fsp3) is 0.600. The van der Waals surface area contributed by atoms with Gasteiger partial charge in [0.2, 0.25) is 0 Å². The van der Waals surface area contributed by atoms with Crippen molar-refractivity contribution in [1.29, 1.82) is 0 Å². The van der Waals surface area contributed by atoms with Crippen molar-refractivity contribution in [3.05, 3.63) is 35.2 Å². The molecule has 3 rings (SSSR count). The molecule has 6 heteroatoms. The van der Waals surface area contributed by atoms with Crippen LogP contribution in [-0.2, 0) is 16.0 Å². The fourth-order valence-electron chi connectivity index (χ4n) is 4.78. The number of aliphatic hydroxyl groups is 2. The first-order valence-electron chi connectivity index (χ1n) is 11.5. The first-order chi connectivity index (χ1) is 14.9. The van der Waals surface area contributed by atoms with Gasteiger partial charge in [0.25, 0.3) is 0 Å². The Labute approximate surface area is 188 Å². The maximum atomic E-state index is 12.4. The summed E-state index contributed by atoms with van der Waals surface area (Å²) in [4.78, 5) is 24.2. The summed E-state index contributed by atoms with van der Waals surface area (Å²) in [7, 11) is 0. The molecule has 1 aromatic carbocycles. The molecule has 1 saturated carbocycles. The smallest absolute Gasteiger partial charge is 0.303 e. The van der Waals surface area contributed by atoms with E-state index in [0.29, 0.717) is 25.7 Å². The van der Waals surface area contributed by atoms with Gasteiger partial charge in [-0.3, -0.25) is 9.59 Å². The molecular formula is C25H34O5S. The van der Waals surface area contributed by atoms with Crippen LogP contribution >= 0.6 is 11.3 Å². The summed E-state index contributed by atoms with van der Waals surface area (Å²) in [6.07, 6.45) is 6.32. The third-order valence-corrected chi connectivity index (χ3v) is 7.70. The highest BCUT2D eigenvalue weighted by atomic mass is 32.1. The molecule has 1 aromatic heterocycles. The van der Waals surface area contributed by atoms with Crippen LogP contribution in [0.1, 0.15) is 69.1 Å². The zero-order valence-corrected chi connectivity index (χ0v) is 18.9. The van der Waals surface area contributed by atoms with E-state index in [-0.39, 0.29) is 30.5 Å². The topological polar surface area (TPSA) is 94.8 Å². The van der Waals surface area contributed by atoms with Gasteiger partial charge in [0.1, 0.15) is 5.78 Å². The molecule has 0 bridgehead atoms. The molecule has 0 saturated heterocycles. The standard InChI is InChI=1S/C25H34O5S/c26-18(11-13-19-15-17-7-5-6-9-24(17)31-19)12-14-21-20(22(27)16-23(21)28)8-3-1-2-4-10-25(29)30/h5-7,9,15,18,20-22,26-27H,1-4,8,10-14,16H2,(H,29,30)/t18?,20-,21-,22+/m1/s1. The Balaban J connectivity index is 1.40. The summed E-state index contributed by atoms with van der Waals surface area (Å²) in [6, 6.07) is 10.5. The molecule has 5 nitrogen and oxygen atoms in total. The molecule has 0 spiro atoms. The summed E-state index contributed by atoms with van der Waals surface area (Å²) in [5.41, 5.74) is 0. The van der Waals surface area contributed by atoms with Crippen molar-refractivity contribution in [2.45, 2.75) is 82.8 Å². The van der Waals surface area contributed by atoms with E-state index in [2.05, 4.69) is 18.2 Å². The Hall–Kier alpha value is -1.76. The number of carboxylic acid groups (broad SMARTS) is 1. The molecule has 1 fully saturated rings. The lowest BCUT2D eigenvalue weighted by molar-refractivity contribution is -0.137. The maximum Gasteiger partial charge on any atom is 0.303 e. The number of fused-ring (bicyclic) bond motifs is 1. The molecule has 1 heterocycles. The van der Waals surface area contributed by atoms with E-state index in [1.54, 1.807) is 11.3 Å². The van der Waals surface area contributed by atoms with Crippen molar-refractivity contribution >= 4 is 33.2 Å². The number of aliphatic carboxylic acids is 1. The molecular weight excluding hydrogens is 412 g/mol. The van der Waals surface area contributed by atoms with Gasteiger partial charge in [-0.1, -0.05) is 37.5 Å². The number of unbranched alkanes of at least 4 members (excludes halogenated alkanes) is 3. The molecule has 0 radical (unpaired) electrons. The summed E-state index contributed by atoms with van der Waals surface area (Å²) in [5.74, 6) is -0.822. The number of carbonyl (C=O) groups excluding carboxylic acids is 1. The van der Waals surface area contributed by atoms with Crippen molar-refractivity contribution in [1.82, 2.24) is 0 Å². The number of aryl methyl sites for hydroxylation is 1. The second kappa shape index (κ2) is 11.7. The Morgan fingerprint density at radius 2 is 1.87 bits per heavy atom. The highest BCUT2D eigenvalue weighted by Gasteiger charge is 2.40. The Morgan fingerprint density at radius 1 is 1.10 bits per heavy atom. The number of hydrogen-bond donors (Lipinski definition) is 3. The number of rotatable bonds is 13. The second-order valence-corrected chi connectivity index (χ2v) is 10.0. The Bertz CT molecular complexity index is 827. The van der Waals surface area contributed by atoms with Crippen molar-refractivity contribution in [3.63, 3.8) is 0 Å². The number of carboxylic acids is 1. The molecule has 1 aliphatic rings. The summed E-state index contributed by atoms with van der Waals surface area (Å²) in [6.45, 7) is 0. The van der Waals surface area contributed by atoms with E-state index in [1.807, 2.05) is 12.1 Å².